The smallest absolute Gasteiger partial charge is 0.218 e. The van der Waals surface area contributed by atoms with Crippen molar-refractivity contribution in [3.63, 3.8) is 0 Å². The fourth-order valence-electron chi connectivity index (χ4n) is 3.37. The summed E-state index contributed by atoms with van der Waals surface area (Å²) in [6, 6.07) is 14.7. The van der Waals surface area contributed by atoms with Crippen LogP contribution in [0.25, 0.3) is 5.13 Å². The predicted molar refractivity (Wildman–Crippen MR) is 107 cm³/mol. The summed E-state index contributed by atoms with van der Waals surface area (Å²) in [4.78, 5) is 2.39. The molecule has 3 heterocycles. The molecule has 0 spiro atoms. The molecule has 1 saturated heterocycles. The van der Waals surface area contributed by atoms with Gasteiger partial charge >= 0.3 is 0 Å². The summed E-state index contributed by atoms with van der Waals surface area (Å²) in [7, 11) is 0. The Morgan fingerprint density at radius 3 is 2.42 bits per heavy atom. The summed E-state index contributed by atoms with van der Waals surface area (Å²) < 4.78 is 2.15. The van der Waals surface area contributed by atoms with Crippen molar-refractivity contribution >= 4 is 16.5 Å². The number of benzene rings is 1. The highest BCUT2D eigenvalue weighted by molar-refractivity contribution is 7.17. The van der Waals surface area contributed by atoms with Crippen molar-refractivity contribution in [2.45, 2.75) is 38.8 Å². The zero-order valence-corrected chi connectivity index (χ0v) is 15.8. The lowest BCUT2D eigenvalue weighted by molar-refractivity contribution is 0.668. The van der Waals surface area contributed by atoms with Gasteiger partial charge in [0.25, 0.3) is 0 Å². The van der Waals surface area contributed by atoms with Gasteiger partial charge in [0.1, 0.15) is 0 Å². The van der Waals surface area contributed by atoms with E-state index in [0.29, 0.717) is 0 Å². The zero-order chi connectivity index (χ0) is 17.6. The Morgan fingerprint density at radius 1 is 0.846 bits per heavy atom. The Morgan fingerprint density at radius 2 is 1.62 bits per heavy atom. The van der Waals surface area contributed by atoms with E-state index in [9.17, 15) is 0 Å². The van der Waals surface area contributed by atoms with E-state index in [1.54, 1.807) is 11.3 Å². The zero-order valence-electron chi connectivity index (χ0n) is 15.0. The first kappa shape index (κ1) is 17.2. The third kappa shape index (κ3) is 4.14. The minimum absolute atomic E-state index is 0.806. The summed E-state index contributed by atoms with van der Waals surface area (Å²) in [6.07, 6.45) is 7.25. The quantitative estimate of drug-likeness (QED) is 0.715. The van der Waals surface area contributed by atoms with Crippen molar-refractivity contribution in [2.24, 2.45) is 0 Å². The molecule has 3 aromatic rings. The van der Waals surface area contributed by atoms with Crippen molar-refractivity contribution in [1.82, 2.24) is 20.1 Å². The number of hydrogen-bond donors (Lipinski definition) is 1. The van der Waals surface area contributed by atoms with Crippen LogP contribution < -0.4 is 10.2 Å². The molecule has 1 N–H and O–H groups in total. The maximum Gasteiger partial charge on any atom is 0.218 e. The fraction of sp³-hybridized carbons (Fsp3) is 0.400. The summed E-state index contributed by atoms with van der Waals surface area (Å²) in [5, 5.41) is 14.4. The second-order valence-corrected chi connectivity index (χ2v) is 7.66. The van der Waals surface area contributed by atoms with E-state index in [0.717, 1.165) is 36.4 Å². The van der Waals surface area contributed by atoms with E-state index in [1.807, 2.05) is 6.07 Å². The van der Waals surface area contributed by atoms with Crippen molar-refractivity contribution < 1.29 is 0 Å². The molecule has 26 heavy (non-hydrogen) atoms. The number of nitrogens with zero attached hydrogens (tertiary/aromatic N) is 4. The molecule has 5 nitrogen and oxygen atoms in total. The molecule has 0 atom stereocenters. The van der Waals surface area contributed by atoms with Crippen LogP contribution in [0.5, 0.6) is 0 Å². The molecule has 2 aromatic heterocycles. The minimum Gasteiger partial charge on any atom is -0.347 e. The Kier molecular flexibility index (Phi) is 5.62. The van der Waals surface area contributed by atoms with Crippen molar-refractivity contribution in [2.75, 3.05) is 18.0 Å². The van der Waals surface area contributed by atoms with Gasteiger partial charge in [-0.3, -0.25) is 4.57 Å². The van der Waals surface area contributed by atoms with Gasteiger partial charge < -0.3 is 10.2 Å². The lowest BCUT2D eigenvalue weighted by Gasteiger charge is -2.17. The summed E-state index contributed by atoms with van der Waals surface area (Å²) in [5.74, 6) is 0. The molecule has 6 heteroatoms. The molecular weight excluding hydrogens is 342 g/mol. The van der Waals surface area contributed by atoms with Crippen molar-refractivity contribution in [3.05, 3.63) is 59.9 Å². The van der Waals surface area contributed by atoms with E-state index >= 15 is 0 Å². The van der Waals surface area contributed by atoms with E-state index in [1.165, 1.54) is 36.9 Å². The first-order chi connectivity index (χ1) is 12.9. The number of nitrogens with one attached hydrogen (secondary N) is 1. The molecule has 0 saturated carbocycles. The molecule has 4 rings (SSSR count). The minimum atomic E-state index is 0.806. The van der Waals surface area contributed by atoms with E-state index in [2.05, 4.69) is 67.6 Å². The van der Waals surface area contributed by atoms with Crippen molar-refractivity contribution in [1.29, 1.82) is 0 Å². The van der Waals surface area contributed by atoms with E-state index in [-0.39, 0.29) is 0 Å². The predicted octanol–water partition coefficient (Wildman–Crippen LogP) is 4.00. The highest BCUT2D eigenvalue weighted by Crippen LogP contribution is 2.26. The van der Waals surface area contributed by atoms with Crippen LogP contribution in [0.2, 0.25) is 0 Å². The highest BCUT2D eigenvalue weighted by atomic mass is 32.1. The van der Waals surface area contributed by atoms with Gasteiger partial charge in [0.05, 0.1) is 0 Å². The molecule has 0 amide bonds. The Labute approximate surface area is 158 Å². The molecule has 0 unspecified atom stereocenters. The lowest BCUT2D eigenvalue weighted by Crippen LogP contribution is -2.23. The molecular formula is C20H25N5S. The first-order valence-corrected chi connectivity index (χ1v) is 10.2. The van der Waals surface area contributed by atoms with Crippen LogP contribution in [-0.4, -0.2) is 27.9 Å². The summed E-state index contributed by atoms with van der Waals surface area (Å²) in [5.41, 5.74) is 2.50. The van der Waals surface area contributed by atoms with Crippen LogP contribution in [0.15, 0.2) is 48.7 Å². The van der Waals surface area contributed by atoms with Crippen LogP contribution >= 0.6 is 11.3 Å². The monoisotopic (exact) mass is 367 g/mol. The molecule has 136 valence electrons. The maximum atomic E-state index is 4.46. The third-order valence-corrected chi connectivity index (χ3v) is 5.78. The number of aromatic nitrogens is 3. The van der Waals surface area contributed by atoms with Gasteiger partial charge in [-0.05, 0) is 30.5 Å². The standard InChI is InChI=1S/C20H25N5S/c1-2-7-13-24(12-6-1)19-22-23-20(26-19)25-14-8-11-18(25)16-21-15-17-9-4-3-5-10-17/h3-5,8-11,14,21H,1-2,6-7,12-13,15-16H2. The molecule has 0 bridgehead atoms. The third-order valence-electron chi connectivity index (χ3n) is 4.80. The van der Waals surface area contributed by atoms with Crippen LogP contribution in [0, 0.1) is 0 Å². The summed E-state index contributed by atoms with van der Waals surface area (Å²) >= 11 is 1.69. The average Bonchev–Trinajstić information content (AvgIpc) is 3.26. The molecule has 0 aliphatic carbocycles. The molecule has 1 aromatic carbocycles. The molecule has 1 aliphatic heterocycles. The average molecular weight is 368 g/mol. The Hall–Kier alpha value is -2.18. The molecule has 1 aliphatic rings. The Balaban J connectivity index is 1.41. The Bertz CT molecular complexity index is 802. The van der Waals surface area contributed by atoms with Gasteiger partial charge in [-0.1, -0.05) is 54.5 Å². The van der Waals surface area contributed by atoms with Crippen LogP contribution in [0.1, 0.15) is 36.9 Å². The van der Waals surface area contributed by atoms with E-state index < -0.39 is 0 Å². The van der Waals surface area contributed by atoms with Crippen LogP contribution in [0.4, 0.5) is 5.13 Å². The summed E-state index contributed by atoms with van der Waals surface area (Å²) in [6.45, 7) is 3.87. The fourth-order valence-corrected chi connectivity index (χ4v) is 4.29. The lowest BCUT2D eigenvalue weighted by atomic mass is 10.2. The second-order valence-electron chi connectivity index (χ2n) is 6.73. The number of anilines is 1. The van der Waals surface area contributed by atoms with Gasteiger partial charge in [-0.2, -0.15) is 0 Å². The van der Waals surface area contributed by atoms with Gasteiger partial charge in [0, 0.05) is 38.1 Å². The first-order valence-electron chi connectivity index (χ1n) is 9.40. The molecule has 0 radical (unpaired) electrons. The topological polar surface area (TPSA) is 46.0 Å². The van der Waals surface area contributed by atoms with Crippen LogP contribution in [-0.2, 0) is 13.1 Å². The van der Waals surface area contributed by atoms with E-state index in [4.69, 9.17) is 0 Å². The maximum absolute atomic E-state index is 4.46. The highest BCUT2D eigenvalue weighted by Gasteiger charge is 2.16. The van der Waals surface area contributed by atoms with Gasteiger partial charge in [0.2, 0.25) is 10.3 Å². The number of hydrogen-bond acceptors (Lipinski definition) is 5. The second kappa shape index (κ2) is 8.47. The normalized spacial score (nSPS) is 15.2. The van der Waals surface area contributed by atoms with Gasteiger partial charge in [-0.25, -0.2) is 0 Å². The van der Waals surface area contributed by atoms with Crippen LogP contribution in [0.3, 0.4) is 0 Å². The number of rotatable bonds is 6. The van der Waals surface area contributed by atoms with Crippen molar-refractivity contribution in [3.8, 4) is 5.13 Å². The largest absolute Gasteiger partial charge is 0.347 e. The SMILES string of the molecule is c1ccc(CNCc2cccn2-c2nnc(N3CCCCCC3)s2)cc1. The molecule has 1 fully saturated rings. The van der Waals surface area contributed by atoms with Gasteiger partial charge in [-0.15, -0.1) is 10.2 Å². The van der Waals surface area contributed by atoms with Gasteiger partial charge in [0.15, 0.2) is 0 Å².